The number of anilines is 2. The molecule has 11 heteroatoms. The zero-order valence-electron chi connectivity index (χ0n) is 18.6. The van der Waals surface area contributed by atoms with Crippen molar-refractivity contribution in [1.29, 1.82) is 0 Å². The van der Waals surface area contributed by atoms with Gasteiger partial charge in [-0.05, 0) is 49.2 Å². The van der Waals surface area contributed by atoms with E-state index in [1.54, 1.807) is 15.9 Å². The van der Waals surface area contributed by atoms with Crippen molar-refractivity contribution in [3.05, 3.63) is 71.8 Å². The summed E-state index contributed by atoms with van der Waals surface area (Å²) in [6, 6.07) is 8.35. The zero-order valence-corrected chi connectivity index (χ0v) is 18.6. The molecule has 1 fully saturated rings. The molecular formula is C24H24F3N5O3. The lowest BCUT2D eigenvalue weighted by Gasteiger charge is -2.46. The maximum absolute atomic E-state index is 13.6. The van der Waals surface area contributed by atoms with E-state index in [1.165, 1.54) is 30.3 Å². The highest BCUT2D eigenvalue weighted by molar-refractivity contribution is 6.01. The number of hydrogen-bond acceptors (Lipinski definition) is 5. The third kappa shape index (κ3) is 4.07. The number of nitrogens with two attached hydrogens (primary N) is 2. The van der Waals surface area contributed by atoms with Crippen molar-refractivity contribution < 1.29 is 27.6 Å². The second-order valence-corrected chi connectivity index (χ2v) is 8.53. The Bertz CT molecular complexity index is 1220. The van der Waals surface area contributed by atoms with Crippen LogP contribution in [0.15, 0.2) is 55.1 Å². The topological polar surface area (TPSA) is 122 Å². The number of rotatable bonds is 5. The van der Waals surface area contributed by atoms with Gasteiger partial charge in [0, 0.05) is 30.3 Å². The number of nitrogens with zero attached hydrogens (tertiary/aromatic N) is 2. The molecular weight excluding hydrogens is 463 g/mol. The number of fused-ring (bicyclic) bond motifs is 1. The number of alkyl halides is 3. The van der Waals surface area contributed by atoms with E-state index >= 15 is 0 Å². The van der Waals surface area contributed by atoms with Crippen molar-refractivity contribution in [3.63, 3.8) is 0 Å². The van der Waals surface area contributed by atoms with Crippen LogP contribution >= 0.6 is 0 Å². The van der Waals surface area contributed by atoms with Crippen LogP contribution in [0.1, 0.15) is 34.3 Å². The van der Waals surface area contributed by atoms with E-state index in [-0.39, 0.29) is 23.6 Å². The molecule has 0 spiro atoms. The van der Waals surface area contributed by atoms with Crippen molar-refractivity contribution in [3.8, 4) is 0 Å². The summed E-state index contributed by atoms with van der Waals surface area (Å²) in [6.45, 7) is 4.18. The third-order valence-electron chi connectivity index (χ3n) is 6.43. The van der Waals surface area contributed by atoms with Gasteiger partial charge in [0.05, 0.1) is 16.9 Å². The third-order valence-corrected chi connectivity index (χ3v) is 6.43. The monoisotopic (exact) mass is 487 g/mol. The number of hydrogen-bond donors (Lipinski definition) is 3. The molecule has 1 unspecified atom stereocenters. The molecule has 0 bridgehead atoms. The smallest absolute Gasteiger partial charge is 0.366 e. The van der Waals surface area contributed by atoms with Gasteiger partial charge in [0.15, 0.2) is 0 Å². The Labute approximate surface area is 199 Å². The average molecular weight is 487 g/mol. The summed E-state index contributed by atoms with van der Waals surface area (Å²) in [4.78, 5) is 40.4. The number of halogens is 3. The number of likely N-dealkylation sites (tertiary alicyclic amines) is 1. The van der Waals surface area contributed by atoms with Crippen LogP contribution in [0.25, 0.3) is 0 Å². The minimum Gasteiger partial charge on any atom is -0.366 e. The first-order valence-electron chi connectivity index (χ1n) is 10.9. The lowest BCUT2D eigenvalue weighted by atomic mass is 9.91. The predicted octanol–water partition coefficient (Wildman–Crippen LogP) is 2.55. The Hall–Kier alpha value is -4.02. The van der Waals surface area contributed by atoms with Crippen LogP contribution in [-0.4, -0.2) is 41.8 Å². The number of amides is 3. The molecule has 0 aliphatic carbocycles. The highest BCUT2D eigenvalue weighted by Gasteiger charge is 2.54. The molecule has 0 aromatic heterocycles. The van der Waals surface area contributed by atoms with E-state index in [0.29, 0.717) is 30.8 Å². The van der Waals surface area contributed by atoms with E-state index in [4.69, 9.17) is 11.5 Å². The highest BCUT2D eigenvalue weighted by atomic mass is 19.4. The van der Waals surface area contributed by atoms with Gasteiger partial charge in [0.2, 0.25) is 17.5 Å². The first kappa shape index (κ1) is 24.1. The minimum atomic E-state index is -4.65. The van der Waals surface area contributed by atoms with Crippen molar-refractivity contribution in [1.82, 2.24) is 4.90 Å². The molecule has 5 N–H and O–H groups in total. The summed E-state index contributed by atoms with van der Waals surface area (Å²) in [5.41, 5.74) is 9.34. The standard InChI is InChI=1S/C24H24F3N5O3/c1-2-20(33)31-10-4-7-17(13-31)32-19-9-8-14(21(28)34)11-18(19)30-23(32,22(29)35)15-5-3-6-16(12-15)24(25,26)27/h2-3,5-6,8-9,11-12,17,30H,1,4,7,10,13H2,(H2,28,34)(H2,29,35)/t17-,23?/m1/s1. The molecule has 4 rings (SSSR count). The number of carbonyl (C=O) groups is 3. The Balaban J connectivity index is 1.91. The summed E-state index contributed by atoms with van der Waals surface area (Å²) in [5, 5.41) is 3.00. The van der Waals surface area contributed by atoms with Gasteiger partial charge in [-0.25, -0.2) is 0 Å². The fraction of sp³-hybridized carbons (Fsp3) is 0.292. The number of benzene rings is 2. The fourth-order valence-corrected chi connectivity index (χ4v) is 4.86. The quantitative estimate of drug-likeness (QED) is 0.560. The number of piperidine rings is 1. The molecule has 0 radical (unpaired) electrons. The van der Waals surface area contributed by atoms with Crippen LogP contribution in [0.5, 0.6) is 0 Å². The van der Waals surface area contributed by atoms with E-state index in [0.717, 1.165) is 12.1 Å². The van der Waals surface area contributed by atoms with Crippen molar-refractivity contribution in [2.24, 2.45) is 11.5 Å². The molecule has 2 aliphatic rings. The SMILES string of the molecule is C=CC(=O)N1CCC[C@@H](N2c3ccc(C(N)=O)cc3NC2(C(N)=O)c2cccc(C(F)(F)F)c2)C1. The van der Waals surface area contributed by atoms with Gasteiger partial charge in [0.1, 0.15) is 0 Å². The molecule has 2 atom stereocenters. The number of nitrogens with one attached hydrogen (secondary N) is 1. The van der Waals surface area contributed by atoms with E-state index in [1.807, 2.05) is 0 Å². The molecule has 2 aromatic carbocycles. The molecule has 2 aromatic rings. The molecule has 3 amide bonds. The van der Waals surface area contributed by atoms with Crippen LogP contribution < -0.4 is 21.7 Å². The average Bonchev–Trinajstić information content (AvgIpc) is 3.19. The fourth-order valence-electron chi connectivity index (χ4n) is 4.86. The van der Waals surface area contributed by atoms with Crippen LogP contribution in [0.3, 0.4) is 0 Å². The second kappa shape index (κ2) is 8.64. The first-order valence-corrected chi connectivity index (χ1v) is 10.9. The summed E-state index contributed by atoms with van der Waals surface area (Å²) in [6.07, 6.45) is -2.34. The van der Waals surface area contributed by atoms with Crippen LogP contribution in [0.4, 0.5) is 24.5 Å². The molecule has 0 saturated carbocycles. The van der Waals surface area contributed by atoms with Crippen LogP contribution in [0, 0.1) is 0 Å². The highest BCUT2D eigenvalue weighted by Crippen LogP contribution is 2.48. The van der Waals surface area contributed by atoms with Crippen LogP contribution in [-0.2, 0) is 21.4 Å². The van der Waals surface area contributed by atoms with Crippen molar-refractivity contribution in [2.75, 3.05) is 23.3 Å². The lowest BCUT2D eigenvalue weighted by molar-refractivity contribution is -0.138. The Morgan fingerprint density at radius 3 is 2.51 bits per heavy atom. The number of primary amides is 2. The largest absolute Gasteiger partial charge is 0.416 e. The Morgan fingerprint density at radius 1 is 1.14 bits per heavy atom. The van der Waals surface area contributed by atoms with Crippen molar-refractivity contribution >= 4 is 29.1 Å². The van der Waals surface area contributed by atoms with Gasteiger partial charge in [-0.1, -0.05) is 18.7 Å². The number of carbonyl (C=O) groups excluding carboxylic acids is 3. The predicted molar refractivity (Wildman–Crippen MR) is 123 cm³/mol. The summed E-state index contributed by atoms with van der Waals surface area (Å²) >= 11 is 0. The lowest BCUT2D eigenvalue weighted by Crippen LogP contribution is -2.63. The summed E-state index contributed by atoms with van der Waals surface area (Å²) in [7, 11) is 0. The molecule has 2 heterocycles. The van der Waals surface area contributed by atoms with Gasteiger partial charge in [-0.15, -0.1) is 0 Å². The Morgan fingerprint density at radius 2 is 1.89 bits per heavy atom. The first-order chi connectivity index (χ1) is 16.5. The van der Waals surface area contributed by atoms with E-state index < -0.39 is 35.3 Å². The molecule has 35 heavy (non-hydrogen) atoms. The van der Waals surface area contributed by atoms with E-state index in [2.05, 4.69) is 11.9 Å². The molecule has 184 valence electrons. The normalized spacial score (nSPS) is 21.7. The Kier molecular flexibility index (Phi) is 5.95. The maximum Gasteiger partial charge on any atom is 0.416 e. The van der Waals surface area contributed by atoms with Crippen LogP contribution in [0.2, 0.25) is 0 Å². The molecule has 2 aliphatic heterocycles. The zero-order chi connectivity index (χ0) is 25.5. The van der Waals surface area contributed by atoms with Gasteiger partial charge < -0.3 is 26.6 Å². The van der Waals surface area contributed by atoms with E-state index in [9.17, 15) is 27.6 Å². The summed E-state index contributed by atoms with van der Waals surface area (Å²) < 4.78 is 40.7. The summed E-state index contributed by atoms with van der Waals surface area (Å²) in [5.74, 6) is -1.95. The molecule has 8 nitrogen and oxygen atoms in total. The van der Waals surface area contributed by atoms with Gasteiger partial charge in [-0.3, -0.25) is 14.4 Å². The maximum atomic E-state index is 13.6. The van der Waals surface area contributed by atoms with Gasteiger partial charge >= 0.3 is 6.18 Å². The molecule has 1 saturated heterocycles. The van der Waals surface area contributed by atoms with Gasteiger partial charge in [-0.2, -0.15) is 13.2 Å². The van der Waals surface area contributed by atoms with Gasteiger partial charge in [0.25, 0.3) is 5.91 Å². The van der Waals surface area contributed by atoms with Crippen molar-refractivity contribution in [2.45, 2.75) is 30.7 Å². The minimum absolute atomic E-state index is 0.0242. The second-order valence-electron chi connectivity index (χ2n) is 8.53.